The van der Waals surface area contributed by atoms with Crippen molar-refractivity contribution in [2.45, 2.75) is 25.3 Å². The van der Waals surface area contributed by atoms with E-state index in [-0.39, 0.29) is 37.0 Å². The Morgan fingerprint density at radius 3 is 2.54 bits per heavy atom. The molecule has 13 heavy (non-hydrogen) atoms. The predicted octanol–water partition coefficient (Wildman–Crippen LogP) is 0.635. The van der Waals surface area contributed by atoms with Crippen LogP contribution in [0, 0.1) is 0 Å². The molecule has 0 aromatic carbocycles. The average Bonchev–Trinajstić information content (AvgIpc) is 2.05. The topological polar surface area (TPSA) is 49.5 Å². The Bertz CT molecular complexity index is 137. The highest BCUT2D eigenvalue weighted by atomic mass is 35.5. The molecule has 0 bridgehead atoms. The summed E-state index contributed by atoms with van der Waals surface area (Å²) < 4.78 is 0. The lowest BCUT2D eigenvalue weighted by molar-refractivity contribution is 0.0979. The number of hydrogen-bond acceptors (Lipinski definition) is 3. The second kappa shape index (κ2) is 6.85. The summed E-state index contributed by atoms with van der Waals surface area (Å²) in [5, 5.41) is 9.01. The fraction of sp³-hybridized carbons (Fsp3) is 1.00. The molecule has 5 heteroatoms. The minimum absolute atomic E-state index is 0. The minimum atomic E-state index is -0.325. The van der Waals surface area contributed by atoms with Gasteiger partial charge in [-0.2, -0.15) is 0 Å². The Labute approximate surface area is 92.5 Å². The maximum absolute atomic E-state index is 9.01. The van der Waals surface area contributed by atoms with Crippen molar-refractivity contribution < 1.29 is 5.11 Å². The molecule has 3 N–H and O–H groups in total. The smallest absolute Gasteiger partial charge is 0.0623 e. The monoisotopic (exact) mass is 230 g/mol. The zero-order chi connectivity index (χ0) is 8.32. The van der Waals surface area contributed by atoms with Crippen molar-refractivity contribution in [1.82, 2.24) is 4.90 Å². The molecule has 1 saturated heterocycles. The Balaban J connectivity index is 0. The molecule has 82 valence electrons. The number of halogens is 2. The van der Waals surface area contributed by atoms with Crippen LogP contribution in [-0.4, -0.2) is 41.8 Å². The molecule has 0 radical (unpaired) electrons. The first kappa shape index (κ1) is 15.9. The molecule has 0 aromatic rings. The van der Waals surface area contributed by atoms with E-state index in [0.29, 0.717) is 0 Å². The number of likely N-dealkylation sites (N-methyl/N-ethyl adjacent to an activating group) is 1. The highest BCUT2D eigenvalue weighted by molar-refractivity contribution is 5.85. The Morgan fingerprint density at radius 1 is 1.46 bits per heavy atom. The molecular weight excluding hydrogens is 211 g/mol. The Kier molecular flexibility index (Phi) is 8.38. The number of piperidine rings is 1. The van der Waals surface area contributed by atoms with Gasteiger partial charge in [-0.1, -0.05) is 6.92 Å². The number of hydrogen-bond donors (Lipinski definition) is 2. The van der Waals surface area contributed by atoms with E-state index < -0.39 is 0 Å². The molecular formula is C8H20Cl2N2O. The van der Waals surface area contributed by atoms with Gasteiger partial charge in [0.25, 0.3) is 0 Å². The Morgan fingerprint density at radius 2 is 2.08 bits per heavy atom. The first-order chi connectivity index (χ1) is 5.20. The molecule has 1 heterocycles. The summed E-state index contributed by atoms with van der Waals surface area (Å²) in [5.74, 6) is 0. The lowest BCUT2D eigenvalue weighted by atomic mass is 9.91. The van der Waals surface area contributed by atoms with Crippen LogP contribution < -0.4 is 5.73 Å². The van der Waals surface area contributed by atoms with Crippen molar-refractivity contribution in [1.29, 1.82) is 0 Å². The van der Waals surface area contributed by atoms with Gasteiger partial charge in [0, 0.05) is 6.54 Å². The summed E-state index contributed by atoms with van der Waals surface area (Å²) in [4.78, 5) is 2.29. The maximum atomic E-state index is 9.01. The summed E-state index contributed by atoms with van der Waals surface area (Å²) in [5.41, 5.74) is 5.61. The van der Waals surface area contributed by atoms with Gasteiger partial charge in [0.2, 0.25) is 0 Å². The van der Waals surface area contributed by atoms with Gasteiger partial charge < -0.3 is 15.7 Å². The first-order valence-corrected chi connectivity index (χ1v) is 4.32. The van der Waals surface area contributed by atoms with Crippen molar-refractivity contribution in [3.8, 4) is 0 Å². The molecule has 1 unspecified atom stereocenters. The van der Waals surface area contributed by atoms with E-state index in [1.165, 1.54) is 0 Å². The van der Waals surface area contributed by atoms with Gasteiger partial charge in [0.15, 0.2) is 0 Å². The Hall–Kier alpha value is 0.460. The highest BCUT2D eigenvalue weighted by Crippen LogP contribution is 2.17. The maximum Gasteiger partial charge on any atom is 0.0623 e. The van der Waals surface area contributed by atoms with Crippen molar-refractivity contribution in [3.05, 3.63) is 0 Å². The minimum Gasteiger partial charge on any atom is -0.394 e. The zero-order valence-corrected chi connectivity index (χ0v) is 9.66. The van der Waals surface area contributed by atoms with Crippen molar-refractivity contribution in [3.63, 3.8) is 0 Å². The van der Waals surface area contributed by atoms with Crippen LogP contribution in [0.4, 0.5) is 0 Å². The van der Waals surface area contributed by atoms with Gasteiger partial charge in [0.05, 0.1) is 12.1 Å². The first-order valence-electron chi connectivity index (χ1n) is 4.32. The molecule has 0 spiro atoms. The van der Waals surface area contributed by atoms with Crippen molar-refractivity contribution >= 4 is 24.8 Å². The highest BCUT2D eigenvalue weighted by Gasteiger charge is 2.29. The van der Waals surface area contributed by atoms with Crippen LogP contribution in [0.3, 0.4) is 0 Å². The molecule has 1 atom stereocenters. The van der Waals surface area contributed by atoms with Crippen molar-refractivity contribution in [2.75, 3.05) is 26.2 Å². The van der Waals surface area contributed by atoms with Crippen LogP contribution in [0.2, 0.25) is 0 Å². The van der Waals surface area contributed by atoms with Gasteiger partial charge in [-0.25, -0.2) is 0 Å². The standard InChI is InChI=1S/C8H18N2O.2ClH/c1-2-10-5-3-4-8(9,6-10)7-11;;/h11H,2-7,9H2,1H3;2*1H. The van der Waals surface area contributed by atoms with Gasteiger partial charge >= 0.3 is 0 Å². The number of nitrogens with two attached hydrogens (primary N) is 1. The number of likely N-dealkylation sites (tertiary alicyclic amines) is 1. The van der Waals surface area contributed by atoms with E-state index in [2.05, 4.69) is 11.8 Å². The van der Waals surface area contributed by atoms with Crippen LogP contribution in [0.5, 0.6) is 0 Å². The molecule has 1 rings (SSSR count). The van der Waals surface area contributed by atoms with Crippen LogP contribution in [-0.2, 0) is 0 Å². The van der Waals surface area contributed by atoms with E-state index in [1.807, 2.05) is 0 Å². The summed E-state index contributed by atoms with van der Waals surface area (Å²) in [7, 11) is 0. The van der Waals surface area contributed by atoms with Crippen molar-refractivity contribution in [2.24, 2.45) is 5.73 Å². The zero-order valence-electron chi connectivity index (χ0n) is 8.03. The molecule has 0 saturated carbocycles. The second-order valence-electron chi connectivity index (χ2n) is 3.49. The second-order valence-corrected chi connectivity index (χ2v) is 3.49. The third kappa shape index (κ3) is 4.47. The van der Waals surface area contributed by atoms with Gasteiger partial charge in [-0.3, -0.25) is 0 Å². The molecule has 1 aliphatic heterocycles. The largest absolute Gasteiger partial charge is 0.394 e. The van der Waals surface area contributed by atoms with Gasteiger partial charge in [0.1, 0.15) is 0 Å². The molecule has 0 aromatic heterocycles. The number of aliphatic hydroxyl groups excluding tert-OH is 1. The normalized spacial score (nSPS) is 28.8. The van der Waals surface area contributed by atoms with E-state index in [9.17, 15) is 0 Å². The van der Waals surface area contributed by atoms with Crippen LogP contribution in [0.15, 0.2) is 0 Å². The van der Waals surface area contributed by atoms with Crippen LogP contribution in [0.1, 0.15) is 19.8 Å². The van der Waals surface area contributed by atoms with Crippen LogP contribution >= 0.6 is 24.8 Å². The SMILES string of the molecule is CCN1CCCC(N)(CO)C1.Cl.Cl. The summed E-state index contributed by atoms with van der Waals surface area (Å²) >= 11 is 0. The van der Waals surface area contributed by atoms with E-state index in [0.717, 1.165) is 32.5 Å². The molecule has 0 amide bonds. The summed E-state index contributed by atoms with van der Waals surface area (Å²) in [6.45, 7) is 5.26. The van der Waals surface area contributed by atoms with E-state index in [1.54, 1.807) is 0 Å². The van der Waals surface area contributed by atoms with E-state index >= 15 is 0 Å². The summed E-state index contributed by atoms with van der Waals surface area (Å²) in [6.07, 6.45) is 2.07. The lowest BCUT2D eigenvalue weighted by Crippen LogP contribution is -2.56. The number of aliphatic hydroxyl groups is 1. The molecule has 1 fully saturated rings. The quantitative estimate of drug-likeness (QED) is 0.733. The predicted molar refractivity (Wildman–Crippen MR) is 59.8 cm³/mol. The fourth-order valence-corrected chi connectivity index (χ4v) is 1.66. The molecule has 0 aliphatic carbocycles. The third-order valence-corrected chi connectivity index (χ3v) is 2.45. The summed E-state index contributed by atoms with van der Waals surface area (Å²) in [6, 6.07) is 0. The van der Waals surface area contributed by atoms with Gasteiger partial charge in [-0.05, 0) is 25.9 Å². The lowest BCUT2D eigenvalue weighted by Gasteiger charge is -2.38. The third-order valence-electron chi connectivity index (χ3n) is 2.45. The van der Waals surface area contributed by atoms with Gasteiger partial charge in [-0.15, -0.1) is 24.8 Å². The van der Waals surface area contributed by atoms with E-state index in [4.69, 9.17) is 10.8 Å². The average molecular weight is 231 g/mol. The van der Waals surface area contributed by atoms with Crippen LogP contribution in [0.25, 0.3) is 0 Å². The molecule has 3 nitrogen and oxygen atoms in total. The number of nitrogens with zero attached hydrogens (tertiary/aromatic N) is 1. The fourth-order valence-electron chi connectivity index (χ4n) is 1.66. The number of rotatable bonds is 2. The molecule has 1 aliphatic rings.